The van der Waals surface area contributed by atoms with Gasteiger partial charge in [-0.3, -0.25) is 4.79 Å². The molecule has 0 aliphatic heterocycles. The summed E-state index contributed by atoms with van der Waals surface area (Å²) in [5.41, 5.74) is 1.37. The van der Waals surface area contributed by atoms with Gasteiger partial charge in [0.2, 0.25) is 0 Å². The first-order chi connectivity index (χ1) is 8.58. The lowest BCUT2D eigenvalue weighted by atomic mass is 10.1. The Morgan fingerprint density at radius 3 is 2.50 bits per heavy atom. The summed E-state index contributed by atoms with van der Waals surface area (Å²) in [6.07, 6.45) is 0.622. The number of methoxy groups -OCH3 is 1. The Morgan fingerprint density at radius 2 is 1.94 bits per heavy atom. The van der Waals surface area contributed by atoms with E-state index in [9.17, 15) is 4.79 Å². The van der Waals surface area contributed by atoms with E-state index in [1.165, 1.54) is 14.2 Å². The van der Waals surface area contributed by atoms with Crippen LogP contribution in [0.3, 0.4) is 0 Å². The van der Waals surface area contributed by atoms with Crippen molar-refractivity contribution in [2.24, 2.45) is 5.16 Å². The summed E-state index contributed by atoms with van der Waals surface area (Å²) >= 11 is 11.8. The van der Waals surface area contributed by atoms with E-state index in [0.29, 0.717) is 22.2 Å². The SMILES string of the molecule is CO/N=C(\CCC(=O)OC)c1ccc(Cl)c(Cl)c1. The number of hydrogen-bond donors (Lipinski definition) is 0. The fourth-order valence-corrected chi connectivity index (χ4v) is 1.65. The molecule has 0 aliphatic carbocycles. The van der Waals surface area contributed by atoms with Gasteiger partial charge >= 0.3 is 5.97 Å². The van der Waals surface area contributed by atoms with Gasteiger partial charge in [-0.1, -0.05) is 34.4 Å². The van der Waals surface area contributed by atoms with Crippen LogP contribution in [0, 0.1) is 0 Å². The molecule has 0 saturated carbocycles. The Morgan fingerprint density at radius 1 is 1.22 bits per heavy atom. The molecule has 98 valence electrons. The van der Waals surface area contributed by atoms with Gasteiger partial charge in [-0.25, -0.2) is 0 Å². The third-order valence-corrected chi connectivity index (χ3v) is 2.99. The first kappa shape index (κ1) is 14.8. The van der Waals surface area contributed by atoms with Gasteiger partial charge in [0, 0.05) is 12.0 Å². The van der Waals surface area contributed by atoms with Crippen molar-refractivity contribution >= 4 is 34.9 Å². The molecular formula is C12H13Cl2NO3. The van der Waals surface area contributed by atoms with E-state index in [0.717, 1.165) is 5.56 Å². The van der Waals surface area contributed by atoms with Gasteiger partial charge in [0.15, 0.2) is 0 Å². The number of benzene rings is 1. The molecule has 1 rings (SSSR count). The van der Waals surface area contributed by atoms with E-state index in [1.807, 2.05) is 0 Å². The van der Waals surface area contributed by atoms with Crippen molar-refractivity contribution in [2.45, 2.75) is 12.8 Å². The molecule has 0 aromatic heterocycles. The monoisotopic (exact) mass is 289 g/mol. The van der Waals surface area contributed by atoms with Crippen LogP contribution in [0.5, 0.6) is 0 Å². The van der Waals surface area contributed by atoms with E-state index in [2.05, 4.69) is 9.89 Å². The number of rotatable bonds is 5. The van der Waals surface area contributed by atoms with Gasteiger partial charge in [-0.2, -0.15) is 0 Å². The number of hydrogen-bond acceptors (Lipinski definition) is 4. The smallest absolute Gasteiger partial charge is 0.305 e. The zero-order valence-electron chi connectivity index (χ0n) is 10.1. The Bertz CT molecular complexity index is 461. The molecule has 0 unspecified atom stereocenters. The standard InChI is InChI=1S/C12H13Cl2NO3/c1-17-12(16)6-5-11(15-18-2)8-3-4-9(13)10(14)7-8/h3-4,7H,5-6H2,1-2H3/b15-11+. The molecular weight excluding hydrogens is 277 g/mol. The fourth-order valence-electron chi connectivity index (χ4n) is 1.35. The number of esters is 1. The number of carbonyl (C=O) groups is 1. The van der Waals surface area contributed by atoms with E-state index >= 15 is 0 Å². The summed E-state index contributed by atoms with van der Waals surface area (Å²) < 4.78 is 4.58. The molecule has 0 saturated heterocycles. The minimum atomic E-state index is -0.307. The van der Waals surface area contributed by atoms with Crippen LogP contribution in [0.25, 0.3) is 0 Å². The molecule has 1 aromatic carbocycles. The predicted molar refractivity (Wildman–Crippen MR) is 71.3 cm³/mol. The molecule has 0 bridgehead atoms. The maximum Gasteiger partial charge on any atom is 0.305 e. The average molecular weight is 290 g/mol. The first-order valence-electron chi connectivity index (χ1n) is 5.20. The van der Waals surface area contributed by atoms with E-state index in [1.54, 1.807) is 18.2 Å². The molecule has 6 heteroatoms. The van der Waals surface area contributed by atoms with Gasteiger partial charge in [0.05, 0.1) is 29.3 Å². The molecule has 0 N–H and O–H groups in total. The normalized spacial score (nSPS) is 11.2. The van der Waals surface area contributed by atoms with Crippen molar-refractivity contribution < 1.29 is 14.4 Å². The fraction of sp³-hybridized carbons (Fsp3) is 0.333. The van der Waals surface area contributed by atoms with Crippen molar-refractivity contribution in [1.29, 1.82) is 0 Å². The molecule has 0 spiro atoms. The lowest BCUT2D eigenvalue weighted by Crippen LogP contribution is -2.07. The molecule has 0 aliphatic rings. The Labute approximate surface area is 115 Å². The number of oxime groups is 1. The molecule has 0 atom stereocenters. The van der Waals surface area contributed by atoms with Crippen LogP contribution in [0.15, 0.2) is 23.4 Å². The second kappa shape index (κ2) is 7.24. The summed E-state index contributed by atoms with van der Waals surface area (Å²) in [5, 5.41) is 4.77. The molecule has 4 nitrogen and oxygen atoms in total. The highest BCUT2D eigenvalue weighted by Gasteiger charge is 2.10. The topological polar surface area (TPSA) is 47.9 Å². The highest BCUT2D eigenvalue weighted by molar-refractivity contribution is 6.42. The quantitative estimate of drug-likeness (QED) is 0.475. The predicted octanol–water partition coefficient (Wildman–Crippen LogP) is 3.30. The Kier molecular flexibility index (Phi) is 5.95. The maximum atomic E-state index is 11.1. The van der Waals surface area contributed by atoms with Crippen LogP contribution in [0.1, 0.15) is 18.4 Å². The number of halogens is 2. The third-order valence-electron chi connectivity index (χ3n) is 2.25. The van der Waals surface area contributed by atoms with E-state index in [4.69, 9.17) is 28.0 Å². The number of carbonyl (C=O) groups excluding carboxylic acids is 1. The second-order valence-electron chi connectivity index (χ2n) is 3.43. The minimum Gasteiger partial charge on any atom is -0.469 e. The van der Waals surface area contributed by atoms with Crippen LogP contribution in [0.4, 0.5) is 0 Å². The van der Waals surface area contributed by atoms with Gasteiger partial charge in [0.1, 0.15) is 7.11 Å². The Balaban J connectivity index is 2.87. The summed E-state index contributed by atoms with van der Waals surface area (Å²) in [7, 11) is 2.78. The molecule has 0 radical (unpaired) electrons. The van der Waals surface area contributed by atoms with Crippen molar-refractivity contribution in [3.63, 3.8) is 0 Å². The Hall–Kier alpha value is -1.26. The lowest BCUT2D eigenvalue weighted by molar-refractivity contribution is -0.140. The van der Waals surface area contributed by atoms with Crippen LogP contribution in [-0.4, -0.2) is 25.9 Å². The number of nitrogens with zero attached hydrogens (tertiary/aromatic N) is 1. The minimum absolute atomic E-state index is 0.221. The highest BCUT2D eigenvalue weighted by Crippen LogP contribution is 2.23. The molecule has 1 aromatic rings. The van der Waals surface area contributed by atoms with Crippen molar-refractivity contribution in [2.75, 3.05) is 14.2 Å². The van der Waals surface area contributed by atoms with Crippen LogP contribution in [-0.2, 0) is 14.4 Å². The largest absolute Gasteiger partial charge is 0.469 e. The summed E-state index contributed by atoms with van der Waals surface area (Å²) in [6, 6.07) is 5.12. The van der Waals surface area contributed by atoms with Crippen LogP contribution >= 0.6 is 23.2 Å². The summed E-state index contributed by atoms with van der Waals surface area (Å²) in [6.45, 7) is 0. The maximum absolute atomic E-state index is 11.1. The molecule has 18 heavy (non-hydrogen) atoms. The van der Waals surface area contributed by atoms with Gasteiger partial charge in [-0.15, -0.1) is 0 Å². The average Bonchev–Trinajstić information content (AvgIpc) is 2.37. The second-order valence-corrected chi connectivity index (χ2v) is 4.24. The van der Waals surface area contributed by atoms with Crippen LogP contribution < -0.4 is 0 Å². The van der Waals surface area contributed by atoms with E-state index in [-0.39, 0.29) is 12.4 Å². The molecule has 0 heterocycles. The van der Waals surface area contributed by atoms with Crippen molar-refractivity contribution in [3.8, 4) is 0 Å². The van der Waals surface area contributed by atoms with Crippen molar-refractivity contribution in [1.82, 2.24) is 0 Å². The zero-order chi connectivity index (χ0) is 13.5. The van der Waals surface area contributed by atoms with Gasteiger partial charge in [0.25, 0.3) is 0 Å². The lowest BCUT2D eigenvalue weighted by Gasteiger charge is -2.06. The number of ether oxygens (including phenoxy) is 1. The molecule has 0 fully saturated rings. The van der Waals surface area contributed by atoms with Crippen LogP contribution in [0.2, 0.25) is 10.0 Å². The third kappa shape index (κ3) is 4.20. The molecule has 0 amide bonds. The summed E-state index contributed by atoms with van der Waals surface area (Å²) in [4.78, 5) is 15.9. The van der Waals surface area contributed by atoms with Crippen molar-refractivity contribution in [3.05, 3.63) is 33.8 Å². The highest BCUT2D eigenvalue weighted by atomic mass is 35.5. The van der Waals surface area contributed by atoms with E-state index < -0.39 is 0 Å². The zero-order valence-corrected chi connectivity index (χ0v) is 11.6. The summed E-state index contributed by atoms with van der Waals surface area (Å²) in [5.74, 6) is -0.307. The first-order valence-corrected chi connectivity index (χ1v) is 5.96. The van der Waals surface area contributed by atoms with Gasteiger partial charge < -0.3 is 9.57 Å². The van der Waals surface area contributed by atoms with Gasteiger partial charge in [-0.05, 0) is 12.1 Å².